The molecule has 12 aliphatic rings. The number of aliphatic hydroxyl groups excluding tert-OH is 21. The van der Waals surface area contributed by atoms with E-state index >= 15 is 0 Å². The lowest BCUT2D eigenvalue weighted by Gasteiger charge is -2.58. The van der Waals surface area contributed by atoms with E-state index in [1.165, 1.54) is 6.92 Å². The summed E-state index contributed by atoms with van der Waals surface area (Å²) in [6, 6.07) is 0. The van der Waals surface area contributed by atoms with Gasteiger partial charge in [-0.15, -0.1) is 0 Å². The molecular weight excluding hydrogens is 1410 g/mol. The van der Waals surface area contributed by atoms with Gasteiger partial charge in [0.15, 0.2) is 49.8 Å². The Hall–Kier alpha value is -1.74. The van der Waals surface area contributed by atoms with Crippen molar-refractivity contribution in [2.75, 3.05) is 46.2 Å². The lowest BCUT2D eigenvalue weighted by molar-refractivity contribution is -0.400. The molecule has 37 heteroatoms. The van der Waals surface area contributed by atoms with Crippen molar-refractivity contribution in [2.45, 2.75) is 319 Å². The fourth-order valence-corrected chi connectivity index (χ4v) is 19.1. The first-order chi connectivity index (χ1) is 49.7. The zero-order chi connectivity index (χ0) is 76.0. The molecule has 0 amide bonds. The van der Waals surface area contributed by atoms with Crippen LogP contribution < -0.4 is 0 Å². The summed E-state index contributed by atoms with van der Waals surface area (Å²) in [5.41, 5.74) is 0.725. The van der Waals surface area contributed by atoms with Gasteiger partial charge in [0.25, 0.3) is 0 Å². The molecule has 8 aliphatic heterocycles. The predicted molar refractivity (Wildman–Crippen MR) is 342 cm³/mol. The Kier molecular flexibility index (Phi) is 26.3. The highest BCUT2D eigenvalue weighted by Gasteiger charge is 2.69. The van der Waals surface area contributed by atoms with Gasteiger partial charge >= 0.3 is 0 Å². The van der Waals surface area contributed by atoms with Gasteiger partial charge in [0.05, 0.1) is 64.6 Å². The molecule has 0 unspecified atom stereocenters. The summed E-state index contributed by atoms with van der Waals surface area (Å²) in [7, 11) is 0. The standard InChI is InChI=1S/C68H112O37/c1-23(20-91-59-49(84)45(80)41(76)33(16-69)96-59)8-13-68(90)24(2)38-32(105-68)15-30-28-7-6-26-14-27(9-11-66(26,4)29(28)10-12-67(30,38)5)95-65-58(104-62-51(86)44(79)39(74)25(3)94-62)53(88)55(36(19-72)99-65)102-64-54(89)57(43(78)35(18-71)98-64)103-63-52(87)47(82)56(101-61-48(83)40(75)31(73)21-92-61)37(100-63)22-93-60-50(85)46(81)42(77)34(17-70)97-60/h6,23-25,27-65,69-90H,7-22H2,1-5H3/t23-,24+,25+,27+,28-,29+,30+,31-,32+,33-,34-,35-,36-,37-,38+,39+,40+,41-,42-,43-,44-,45+,46+,47-,48-,49-,50-,51-,52-,53+,54-,55-,56-,57+,58-,59-,60-,61+,62+,63+,64+,65-,66+,67+,68-/m1/s1. The highest BCUT2D eigenvalue weighted by Crippen LogP contribution is 2.70. The first kappa shape index (κ1) is 82.7. The van der Waals surface area contributed by atoms with E-state index in [-0.39, 0.29) is 59.0 Å². The molecule has 0 spiro atoms. The number of ether oxygens (including phenoxy) is 15. The summed E-state index contributed by atoms with van der Waals surface area (Å²) in [5, 5.41) is 240. The number of allylic oxidation sites excluding steroid dienone is 1. The molecule has 606 valence electrons. The minimum Gasteiger partial charge on any atom is -0.394 e. The molecule has 0 aromatic carbocycles. The highest BCUT2D eigenvalue weighted by atomic mass is 16.8. The quantitative estimate of drug-likeness (QED) is 0.0423. The first-order valence-electron chi connectivity index (χ1n) is 36.9. The molecule has 0 aromatic heterocycles. The average Bonchev–Trinajstić information content (AvgIpc) is 1.54. The first-order valence-corrected chi connectivity index (χ1v) is 36.9. The second kappa shape index (κ2) is 33.4. The third-order valence-corrected chi connectivity index (χ3v) is 25.4. The lowest BCUT2D eigenvalue weighted by atomic mass is 9.47. The summed E-state index contributed by atoms with van der Waals surface area (Å²) in [6.07, 6.45) is -53.3. The van der Waals surface area contributed by atoms with Crippen molar-refractivity contribution in [3.63, 3.8) is 0 Å². The minimum atomic E-state index is -2.24. The number of fused-ring (bicyclic) bond motifs is 7. The molecule has 0 bridgehead atoms. The highest BCUT2D eigenvalue weighted by molar-refractivity contribution is 5.27. The van der Waals surface area contributed by atoms with Crippen LogP contribution in [0.3, 0.4) is 0 Å². The van der Waals surface area contributed by atoms with Crippen LogP contribution in [0.25, 0.3) is 0 Å². The van der Waals surface area contributed by atoms with Crippen molar-refractivity contribution in [3.8, 4) is 0 Å². The molecule has 0 radical (unpaired) electrons. The Morgan fingerprint density at radius 3 is 1.67 bits per heavy atom. The Morgan fingerprint density at radius 2 is 1.01 bits per heavy atom. The maximum Gasteiger partial charge on any atom is 0.187 e. The number of hydrogen-bond acceptors (Lipinski definition) is 37. The normalized spacial score (nSPS) is 54.8. The smallest absolute Gasteiger partial charge is 0.187 e. The van der Waals surface area contributed by atoms with E-state index in [4.69, 9.17) is 71.1 Å². The molecule has 4 aliphatic carbocycles. The van der Waals surface area contributed by atoms with Crippen molar-refractivity contribution >= 4 is 0 Å². The van der Waals surface area contributed by atoms with E-state index in [1.54, 1.807) is 0 Å². The number of aliphatic hydroxyl groups is 22. The summed E-state index contributed by atoms with van der Waals surface area (Å²) < 4.78 is 90.0. The second-order valence-corrected chi connectivity index (χ2v) is 31.8. The van der Waals surface area contributed by atoms with Crippen molar-refractivity contribution in [2.24, 2.45) is 46.3 Å². The predicted octanol–water partition coefficient (Wildman–Crippen LogP) is -8.90. The molecule has 0 aromatic rings. The van der Waals surface area contributed by atoms with E-state index in [0.29, 0.717) is 32.1 Å². The molecule has 105 heavy (non-hydrogen) atoms. The zero-order valence-electron chi connectivity index (χ0n) is 59.1. The molecular formula is C68H112O37. The van der Waals surface area contributed by atoms with Crippen LogP contribution in [-0.4, -0.2) is 385 Å². The monoisotopic (exact) mass is 1520 g/mol. The number of hydrogen-bond donors (Lipinski definition) is 22. The SMILES string of the molecule is C[C@H](CC[C@@]1(O)O[C@H]2C[C@H]3[C@@H]4CC=C5C[C@@H](O[C@@H]6O[C@H](CO)[C@@H](O[C@@H]7O[C@H](CO)[C@@H](O)[C@H](O[C@@H]8O[C@H](CO[C@@H]9O[C@H](CO)[C@@H](O)[C@H](O)[C@H]9O)[C@@H](O[C@@H]9OC[C@@H](O)[C@H](O)[C@H]9O)[C@H](O)[C@H]8O)[C@H]7O)[C@H](O)[C@H]6O[C@@H]6O[C@@H](C)[C@H](O)[C@@H](O)[C@H]6O)CC[C@]5(C)[C@H]4CC[C@]3(C)[C@H]2[C@@H]1C)CO[C@@H]1O[C@H](CO)[C@@H](O)[C@H](O)[C@H]1O. The van der Waals surface area contributed by atoms with Gasteiger partial charge in [-0.05, 0) is 98.7 Å². The van der Waals surface area contributed by atoms with Crippen LogP contribution in [0.2, 0.25) is 0 Å². The average molecular weight is 1520 g/mol. The molecule has 8 saturated heterocycles. The third kappa shape index (κ3) is 15.8. The maximum absolute atomic E-state index is 12.6. The Bertz CT molecular complexity index is 2840. The van der Waals surface area contributed by atoms with Crippen LogP contribution in [0.5, 0.6) is 0 Å². The van der Waals surface area contributed by atoms with Crippen LogP contribution >= 0.6 is 0 Å². The van der Waals surface area contributed by atoms with Crippen LogP contribution in [0.4, 0.5) is 0 Å². The van der Waals surface area contributed by atoms with Gasteiger partial charge in [-0.2, -0.15) is 0 Å². The van der Waals surface area contributed by atoms with Gasteiger partial charge in [-0.25, -0.2) is 0 Å². The molecule has 3 saturated carbocycles. The topological polar surface area (TPSA) is 584 Å². The van der Waals surface area contributed by atoms with Gasteiger partial charge in [0.1, 0.15) is 159 Å². The van der Waals surface area contributed by atoms with Gasteiger partial charge in [0.2, 0.25) is 0 Å². The van der Waals surface area contributed by atoms with Crippen LogP contribution in [0, 0.1) is 46.3 Å². The Morgan fingerprint density at radius 1 is 0.486 bits per heavy atom. The van der Waals surface area contributed by atoms with Crippen LogP contribution in [0.1, 0.15) is 92.4 Å². The van der Waals surface area contributed by atoms with Gasteiger partial charge in [-0.3, -0.25) is 0 Å². The Labute approximate surface area is 605 Å². The van der Waals surface area contributed by atoms with E-state index in [2.05, 4.69) is 26.8 Å². The van der Waals surface area contributed by atoms with Gasteiger partial charge in [-0.1, -0.05) is 39.3 Å². The largest absolute Gasteiger partial charge is 0.394 e. The van der Waals surface area contributed by atoms with Crippen molar-refractivity contribution in [1.29, 1.82) is 0 Å². The summed E-state index contributed by atoms with van der Waals surface area (Å²) in [4.78, 5) is 0. The van der Waals surface area contributed by atoms with Crippen molar-refractivity contribution in [3.05, 3.63) is 11.6 Å². The van der Waals surface area contributed by atoms with E-state index in [1.807, 2.05) is 6.92 Å². The summed E-state index contributed by atoms with van der Waals surface area (Å²) in [5.74, 6) is -0.845. The van der Waals surface area contributed by atoms with E-state index < -0.39 is 260 Å². The zero-order valence-corrected chi connectivity index (χ0v) is 59.1. The minimum absolute atomic E-state index is 0.0702. The molecule has 8 heterocycles. The fraction of sp³-hybridized carbons (Fsp3) is 0.971. The second-order valence-electron chi connectivity index (χ2n) is 31.8. The van der Waals surface area contributed by atoms with Crippen molar-refractivity contribution < 1.29 is 183 Å². The van der Waals surface area contributed by atoms with Gasteiger partial charge in [0, 0.05) is 12.3 Å². The molecule has 12 rings (SSSR count). The van der Waals surface area contributed by atoms with Crippen LogP contribution in [0.15, 0.2) is 11.6 Å². The third-order valence-electron chi connectivity index (χ3n) is 25.4. The van der Waals surface area contributed by atoms with Gasteiger partial charge < -0.3 is 183 Å². The molecule has 37 nitrogen and oxygen atoms in total. The molecule has 45 atom stereocenters. The maximum atomic E-state index is 12.6. The Balaban J connectivity index is 0.718. The fourth-order valence-electron chi connectivity index (χ4n) is 19.1. The lowest BCUT2D eigenvalue weighted by Crippen LogP contribution is -2.68. The molecule has 11 fully saturated rings. The van der Waals surface area contributed by atoms with E-state index in [9.17, 15) is 112 Å². The van der Waals surface area contributed by atoms with Crippen molar-refractivity contribution in [1.82, 2.24) is 0 Å². The molecule has 22 N–H and O–H groups in total. The van der Waals surface area contributed by atoms with E-state index in [0.717, 1.165) is 31.3 Å². The number of rotatable bonds is 23. The van der Waals surface area contributed by atoms with Crippen LogP contribution in [-0.2, 0) is 71.1 Å². The summed E-state index contributed by atoms with van der Waals surface area (Å²) in [6.45, 7) is 5.32. The summed E-state index contributed by atoms with van der Waals surface area (Å²) >= 11 is 0.